The van der Waals surface area contributed by atoms with Crippen LogP contribution in [-0.4, -0.2) is 24.3 Å². The second-order valence-electron chi connectivity index (χ2n) is 4.45. The van der Waals surface area contributed by atoms with Crippen molar-refractivity contribution in [3.63, 3.8) is 0 Å². The molecule has 1 atom stereocenters. The quantitative estimate of drug-likeness (QED) is 0.363. The van der Waals surface area contributed by atoms with Crippen molar-refractivity contribution in [1.29, 1.82) is 0 Å². The van der Waals surface area contributed by atoms with E-state index in [1.807, 2.05) is 38.1 Å². The molecule has 0 fully saturated rings. The molecule has 1 rings (SSSR count). The van der Waals surface area contributed by atoms with Crippen LogP contribution in [0.15, 0.2) is 48.3 Å². The average molecular weight is 290 g/mol. The van der Waals surface area contributed by atoms with Gasteiger partial charge in [0.05, 0.1) is 25.4 Å². The summed E-state index contributed by atoms with van der Waals surface area (Å²) in [5, 5.41) is 10.1. The molecule has 21 heavy (non-hydrogen) atoms. The highest BCUT2D eigenvalue weighted by Crippen LogP contribution is 2.16. The van der Waals surface area contributed by atoms with E-state index in [1.54, 1.807) is 19.1 Å². The van der Waals surface area contributed by atoms with Gasteiger partial charge in [0.25, 0.3) is 0 Å². The molecule has 0 aromatic heterocycles. The van der Waals surface area contributed by atoms with E-state index in [9.17, 15) is 9.90 Å². The maximum Gasteiger partial charge on any atom is 0.334 e. The van der Waals surface area contributed by atoms with Gasteiger partial charge in [0, 0.05) is 0 Å². The van der Waals surface area contributed by atoms with Gasteiger partial charge in [0.2, 0.25) is 0 Å². The lowest BCUT2D eigenvalue weighted by Crippen LogP contribution is -2.02. The fourth-order valence-electron chi connectivity index (χ4n) is 1.67. The molecule has 0 saturated carbocycles. The van der Waals surface area contributed by atoms with E-state index in [4.69, 9.17) is 9.47 Å². The first-order valence-corrected chi connectivity index (χ1v) is 7.00. The van der Waals surface area contributed by atoms with Crippen molar-refractivity contribution in [2.24, 2.45) is 0 Å². The van der Waals surface area contributed by atoms with Gasteiger partial charge in [-0.05, 0) is 38.5 Å². The van der Waals surface area contributed by atoms with Crippen LogP contribution in [0.1, 0.15) is 31.1 Å². The first kappa shape index (κ1) is 17.0. The minimum absolute atomic E-state index is 0.310. The summed E-state index contributed by atoms with van der Waals surface area (Å²) >= 11 is 0. The smallest absolute Gasteiger partial charge is 0.334 e. The zero-order valence-corrected chi connectivity index (χ0v) is 12.7. The van der Waals surface area contributed by atoms with Crippen LogP contribution < -0.4 is 0 Å². The van der Waals surface area contributed by atoms with Gasteiger partial charge in [-0.2, -0.15) is 0 Å². The van der Waals surface area contributed by atoms with Crippen molar-refractivity contribution in [3.8, 4) is 0 Å². The van der Waals surface area contributed by atoms with Crippen LogP contribution in [-0.2, 0) is 14.3 Å². The van der Waals surface area contributed by atoms with Crippen LogP contribution in [0, 0.1) is 6.92 Å². The SMILES string of the molecule is CCOC(=O)/C=C(\C=C\C(O)c1ccc(C)cc1)OCC. The average Bonchev–Trinajstić information content (AvgIpc) is 2.45. The van der Waals surface area contributed by atoms with Crippen molar-refractivity contribution in [1.82, 2.24) is 0 Å². The Labute approximate surface area is 125 Å². The molecule has 114 valence electrons. The van der Waals surface area contributed by atoms with Crippen molar-refractivity contribution in [2.45, 2.75) is 26.9 Å². The summed E-state index contributed by atoms with van der Waals surface area (Å²) in [7, 11) is 0. The Hall–Kier alpha value is -2.07. The lowest BCUT2D eigenvalue weighted by molar-refractivity contribution is -0.137. The minimum Gasteiger partial charge on any atom is -0.494 e. The number of hydrogen-bond donors (Lipinski definition) is 1. The standard InChI is InChI=1S/C17H22O4/c1-4-20-15(12-17(19)21-5-2)10-11-16(18)14-8-6-13(3)7-9-14/h6-12,16,18H,4-5H2,1-3H3/b11-10+,15-12+. The predicted molar refractivity (Wildman–Crippen MR) is 81.6 cm³/mol. The Morgan fingerprint density at radius 2 is 1.81 bits per heavy atom. The molecule has 0 amide bonds. The second kappa shape index (κ2) is 8.97. The Kier molecular flexibility index (Phi) is 7.26. The van der Waals surface area contributed by atoms with Crippen LogP contribution in [0.25, 0.3) is 0 Å². The number of aliphatic hydroxyl groups is 1. The van der Waals surface area contributed by atoms with Gasteiger partial charge in [-0.15, -0.1) is 0 Å². The normalized spacial score (nSPS) is 13.2. The lowest BCUT2D eigenvalue weighted by Gasteiger charge is -2.08. The summed E-state index contributed by atoms with van der Waals surface area (Å²) in [6.07, 6.45) is 3.67. The molecule has 4 heteroatoms. The first-order valence-electron chi connectivity index (χ1n) is 7.00. The van der Waals surface area contributed by atoms with Gasteiger partial charge < -0.3 is 14.6 Å². The molecule has 0 heterocycles. The third kappa shape index (κ3) is 6.27. The number of hydrogen-bond acceptors (Lipinski definition) is 4. The van der Waals surface area contributed by atoms with E-state index in [-0.39, 0.29) is 0 Å². The third-order valence-corrected chi connectivity index (χ3v) is 2.72. The number of allylic oxidation sites excluding steroid dienone is 1. The number of rotatable bonds is 7. The second-order valence-corrected chi connectivity index (χ2v) is 4.45. The molecule has 0 aliphatic carbocycles. The largest absolute Gasteiger partial charge is 0.494 e. The fraction of sp³-hybridized carbons (Fsp3) is 0.353. The summed E-state index contributed by atoms with van der Waals surface area (Å²) in [5.74, 6) is -0.0995. The summed E-state index contributed by atoms with van der Waals surface area (Å²) in [5.41, 5.74) is 1.91. The van der Waals surface area contributed by atoms with Crippen molar-refractivity contribution in [3.05, 3.63) is 59.4 Å². The van der Waals surface area contributed by atoms with Crippen molar-refractivity contribution in [2.75, 3.05) is 13.2 Å². The molecule has 0 bridgehead atoms. The molecule has 1 aromatic rings. The van der Waals surface area contributed by atoms with E-state index in [0.717, 1.165) is 11.1 Å². The zero-order chi connectivity index (χ0) is 15.7. The molecule has 0 aliphatic heterocycles. The molecule has 1 unspecified atom stereocenters. The molecular formula is C17H22O4. The van der Waals surface area contributed by atoms with E-state index in [2.05, 4.69) is 0 Å². The Morgan fingerprint density at radius 3 is 2.38 bits per heavy atom. The molecular weight excluding hydrogens is 268 g/mol. The van der Waals surface area contributed by atoms with Crippen LogP contribution in [0.4, 0.5) is 0 Å². The van der Waals surface area contributed by atoms with E-state index < -0.39 is 12.1 Å². The Balaban J connectivity index is 2.77. The maximum absolute atomic E-state index is 11.4. The molecule has 0 radical (unpaired) electrons. The van der Waals surface area contributed by atoms with Crippen LogP contribution in [0.3, 0.4) is 0 Å². The van der Waals surface area contributed by atoms with Crippen LogP contribution in [0.2, 0.25) is 0 Å². The lowest BCUT2D eigenvalue weighted by atomic mass is 10.1. The van der Waals surface area contributed by atoms with Crippen molar-refractivity contribution < 1.29 is 19.4 Å². The first-order chi connectivity index (χ1) is 10.1. The molecule has 1 N–H and O–H groups in total. The summed E-state index contributed by atoms with van der Waals surface area (Å²) in [4.78, 5) is 11.4. The van der Waals surface area contributed by atoms with Gasteiger partial charge in [-0.1, -0.05) is 29.8 Å². The van der Waals surface area contributed by atoms with E-state index in [0.29, 0.717) is 19.0 Å². The Morgan fingerprint density at radius 1 is 1.19 bits per heavy atom. The summed E-state index contributed by atoms with van der Waals surface area (Å²) in [6, 6.07) is 7.59. The van der Waals surface area contributed by atoms with Gasteiger partial charge in [-0.25, -0.2) is 4.79 Å². The number of carbonyl (C=O) groups excluding carboxylic acids is 1. The topological polar surface area (TPSA) is 55.8 Å². The van der Waals surface area contributed by atoms with Gasteiger partial charge >= 0.3 is 5.97 Å². The molecule has 0 saturated heterocycles. The minimum atomic E-state index is -0.753. The molecule has 0 aliphatic rings. The van der Waals surface area contributed by atoms with Gasteiger partial charge in [0.15, 0.2) is 0 Å². The van der Waals surface area contributed by atoms with Gasteiger partial charge in [-0.3, -0.25) is 0 Å². The molecule has 4 nitrogen and oxygen atoms in total. The number of ether oxygens (including phenoxy) is 2. The molecule has 1 aromatic carbocycles. The Bertz CT molecular complexity index is 500. The highest BCUT2D eigenvalue weighted by atomic mass is 16.5. The van der Waals surface area contributed by atoms with Crippen LogP contribution in [0.5, 0.6) is 0 Å². The monoisotopic (exact) mass is 290 g/mol. The number of benzene rings is 1. The number of carbonyl (C=O) groups is 1. The van der Waals surface area contributed by atoms with E-state index in [1.165, 1.54) is 6.08 Å². The van der Waals surface area contributed by atoms with E-state index >= 15 is 0 Å². The van der Waals surface area contributed by atoms with Crippen LogP contribution >= 0.6 is 0 Å². The van der Waals surface area contributed by atoms with Gasteiger partial charge in [0.1, 0.15) is 5.76 Å². The maximum atomic E-state index is 11.4. The predicted octanol–water partition coefficient (Wildman–Crippen LogP) is 3.07. The number of aliphatic hydroxyl groups excluding tert-OH is 1. The third-order valence-electron chi connectivity index (χ3n) is 2.72. The number of aryl methyl sites for hydroxylation is 1. The summed E-state index contributed by atoms with van der Waals surface area (Å²) in [6.45, 7) is 6.29. The number of esters is 1. The molecule has 0 spiro atoms. The summed E-state index contributed by atoms with van der Waals surface area (Å²) < 4.78 is 10.2. The van der Waals surface area contributed by atoms with Crippen molar-refractivity contribution >= 4 is 5.97 Å². The fourth-order valence-corrected chi connectivity index (χ4v) is 1.67. The zero-order valence-electron chi connectivity index (χ0n) is 12.7. The highest BCUT2D eigenvalue weighted by molar-refractivity contribution is 5.82. The highest BCUT2D eigenvalue weighted by Gasteiger charge is 2.05.